The van der Waals surface area contributed by atoms with Gasteiger partial charge in [0.25, 0.3) is 5.91 Å². The summed E-state index contributed by atoms with van der Waals surface area (Å²) in [6.07, 6.45) is 4.19. The van der Waals surface area contributed by atoms with Crippen LogP contribution in [0.3, 0.4) is 0 Å². The van der Waals surface area contributed by atoms with Crippen molar-refractivity contribution in [2.75, 3.05) is 13.1 Å². The number of nitrogens with one attached hydrogen (secondary N) is 1. The Morgan fingerprint density at radius 1 is 1.16 bits per heavy atom. The molecule has 1 aromatic carbocycles. The summed E-state index contributed by atoms with van der Waals surface area (Å²) in [5.41, 5.74) is 0.539. The minimum absolute atomic E-state index is 0.127. The summed E-state index contributed by atoms with van der Waals surface area (Å²) in [7, 11) is 0. The maximum Gasteiger partial charge on any atom is 0.335 e. The van der Waals surface area contributed by atoms with Crippen LogP contribution in [0.1, 0.15) is 69.9 Å². The van der Waals surface area contributed by atoms with E-state index in [1.54, 1.807) is 17.0 Å². The van der Waals surface area contributed by atoms with Gasteiger partial charge in [0, 0.05) is 30.5 Å². The Balaban J connectivity index is 1.49. The number of aromatic carboxylic acids is 1. The first-order valence-corrected chi connectivity index (χ1v) is 8.66. The molecular weight excluding hydrogens is 320 g/mol. The Morgan fingerprint density at radius 3 is 2.72 bits per heavy atom. The van der Waals surface area contributed by atoms with Crippen LogP contribution in [0.25, 0.3) is 0 Å². The number of hydrogen-bond acceptors (Lipinski definition) is 4. The van der Waals surface area contributed by atoms with E-state index in [1.165, 1.54) is 25.0 Å². The van der Waals surface area contributed by atoms with Crippen molar-refractivity contribution in [2.45, 2.75) is 37.5 Å². The topological polar surface area (TPSA) is 99.2 Å². The fraction of sp³-hybridized carbons (Fsp3) is 0.444. The molecule has 2 aromatic rings. The number of rotatable bonds is 4. The highest BCUT2D eigenvalue weighted by molar-refractivity contribution is 5.97. The predicted octanol–water partition coefficient (Wildman–Crippen LogP) is 2.40. The van der Waals surface area contributed by atoms with Gasteiger partial charge in [-0.2, -0.15) is 5.10 Å². The number of carboxylic acid groups (broad SMARTS) is 1. The maximum absolute atomic E-state index is 12.8. The lowest BCUT2D eigenvalue weighted by Crippen LogP contribution is -2.39. The summed E-state index contributed by atoms with van der Waals surface area (Å²) >= 11 is 0. The van der Waals surface area contributed by atoms with Gasteiger partial charge >= 0.3 is 5.97 Å². The average molecular weight is 340 g/mol. The zero-order valence-electron chi connectivity index (χ0n) is 13.8. The smallest absolute Gasteiger partial charge is 0.335 e. The number of hydrogen-bond donors (Lipinski definition) is 2. The zero-order chi connectivity index (χ0) is 17.4. The monoisotopic (exact) mass is 340 g/mol. The fourth-order valence-corrected chi connectivity index (χ4v) is 3.35. The molecule has 2 heterocycles. The first kappa shape index (κ1) is 15.8. The second kappa shape index (κ2) is 6.31. The van der Waals surface area contributed by atoms with Gasteiger partial charge in [0.1, 0.15) is 5.82 Å². The fourth-order valence-electron chi connectivity index (χ4n) is 3.35. The van der Waals surface area contributed by atoms with Crippen molar-refractivity contribution in [3.8, 4) is 0 Å². The number of likely N-dealkylation sites (tertiary alicyclic amines) is 1. The normalized spacial score (nSPS) is 20.5. The van der Waals surface area contributed by atoms with Crippen molar-refractivity contribution < 1.29 is 14.7 Å². The van der Waals surface area contributed by atoms with Crippen LogP contribution < -0.4 is 0 Å². The van der Waals surface area contributed by atoms with E-state index >= 15 is 0 Å². The lowest BCUT2D eigenvalue weighted by Gasteiger charge is -2.31. The minimum atomic E-state index is -1.03. The van der Waals surface area contributed by atoms with Crippen LogP contribution >= 0.6 is 0 Å². The summed E-state index contributed by atoms with van der Waals surface area (Å²) in [5, 5.41) is 16.5. The largest absolute Gasteiger partial charge is 0.478 e. The number of carbonyl (C=O) groups excluding carboxylic acids is 1. The third kappa shape index (κ3) is 3.26. The van der Waals surface area contributed by atoms with E-state index in [1.807, 2.05) is 0 Å². The molecule has 2 aliphatic rings. The molecule has 0 spiro atoms. The third-order valence-corrected chi connectivity index (χ3v) is 4.91. The highest BCUT2D eigenvalue weighted by Gasteiger charge is 2.31. The second-order valence-electron chi connectivity index (χ2n) is 6.83. The van der Waals surface area contributed by atoms with Crippen molar-refractivity contribution in [1.82, 2.24) is 20.1 Å². The van der Waals surface area contributed by atoms with Gasteiger partial charge in [-0.15, -0.1) is 0 Å². The molecule has 1 atom stereocenters. The standard InChI is InChI=1S/C18H20N4O3/c23-17(12-3-1-4-13(9-12)18(24)25)22-8-2-5-14(10-22)16-19-15(20-21-16)11-6-7-11/h1,3-4,9,11,14H,2,5-8,10H2,(H,24,25)(H,19,20,21). The first-order chi connectivity index (χ1) is 12.1. The van der Waals surface area contributed by atoms with Gasteiger partial charge in [-0.05, 0) is 43.9 Å². The Hall–Kier alpha value is -2.70. The van der Waals surface area contributed by atoms with Crippen LogP contribution in [0.2, 0.25) is 0 Å². The van der Waals surface area contributed by atoms with Gasteiger partial charge < -0.3 is 10.0 Å². The van der Waals surface area contributed by atoms with Crippen molar-refractivity contribution >= 4 is 11.9 Å². The molecule has 2 N–H and O–H groups in total. The Morgan fingerprint density at radius 2 is 1.96 bits per heavy atom. The van der Waals surface area contributed by atoms with Gasteiger partial charge in [-0.3, -0.25) is 9.89 Å². The van der Waals surface area contributed by atoms with E-state index < -0.39 is 5.97 Å². The van der Waals surface area contributed by atoms with Crippen molar-refractivity contribution in [3.63, 3.8) is 0 Å². The lowest BCUT2D eigenvalue weighted by molar-refractivity contribution is 0.0697. The molecular formula is C18H20N4O3. The SMILES string of the molecule is O=C(O)c1cccc(C(=O)N2CCCC(c3n[nH]c(C4CC4)n3)C2)c1. The molecule has 1 saturated heterocycles. The average Bonchev–Trinajstić information content (AvgIpc) is 3.38. The third-order valence-electron chi connectivity index (χ3n) is 4.91. The molecule has 1 aliphatic carbocycles. The highest BCUT2D eigenvalue weighted by Crippen LogP contribution is 2.38. The number of carbonyl (C=O) groups is 2. The Bertz CT molecular complexity index is 812. The number of aromatic nitrogens is 3. The zero-order valence-corrected chi connectivity index (χ0v) is 13.8. The number of benzene rings is 1. The van der Waals surface area contributed by atoms with Crippen LogP contribution in [0.5, 0.6) is 0 Å². The summed E-state index contributed by atoms with van der Waals surface area (Å²) in [4.78, 5) is 30.3. The molecule has 2 fully saturated rings. The predicted molar refractivity (Wildman–Crippen MR) is 89.6 cm³/mol. The van der Waals surface area contributed by atoms with Crippen molar-refractivity contribution in [3.05, 3.63) is 47.0 Å². The van der Waals surface area contributed by atoms with E-state index in [-0.39, 0.29) is 17.4 Å². The first-order valence-electron chi connectivity index (χ1n) is 8.66. The van der Waals surface area contributed by atoms with E-state index in [0.717, 1.165) is 24.5 Å². The molecule has 1 unspecified atom stereocenters. The summed E-state index contributed by atoms with van der Waals surface area (Å²) < 4.78 is 0. The molecule has 7 nitrogen and oxygen atoms in total. The molecule has 0 radical (unpaired) electrons. The van der Waals surface area contributed by atoms with Gasteiger partial charge in [0.15, 0.2) is 5.82 Å². The molecule has 4 rings (SSSR count). The molecule has 7 heteroatoms. The van der Waals surface area contributed by atoms with Crippen molar-refractivity contribution in [1.29, 1.82) is 0 Å². The van der Waals surface area contributed by atoms with Crippen LogP contribution in [0, 0.1) is 0 Å². The second-order valence-corrected chi connectivity index (χ2v) is 6.83. The molecule has 25 heavy (non-hydrogen) atoms. The molecule has 130 valence electrons. The molecule has 1 saturated carbocycles. The van der Waals surface area contributed by atoms with E-state index in [2.05, 4.69) is 15.2 Å². The van der Waals surface area contributed by atoms with Gasteiger partial charge in [0.2, 0.25) is 0 Å². The van der Waals surface area contributed by atoms with Gasteiger partial charge in [0.05, 0.1) is 5.56 Å². The quantitative estimate of drug-likeness (QED) is 0.890. The van der Waals surface area contributed by atoms with E-state index in [4.69, 9.17) is 5.11 Å². The number of carboxylic acids is 1. The summed E-state index contributed by atoms with van der Waals surface area (Å²) in [6.45, 7) is 1.24. The number of aromatic amines is 1. The highest BCUT2D eigenvalue weighted by atomic mass is 16.4. The van der Waals surface area contributed by atoms with Gasteiger partial charge in [-0.25, -0.2) is 9.78 Å². The molecule has 0 bridgehead atoms. The van der Waals surface area contributed by atoms with Crippen LogP contribution in [0.15, 0.2) is 24.3 Å². The number of amides is 1. The van der Waals surface area contributed by atoms with Crippen LogP contribution in [0.4, 0.5) is 0 Å². The number of H-pyrrole nitrogens is 1. The minimum Gasteiger partial charge on any atom is -0.478 e. The van der Waals surface area contributed by atoms with Crippen LogP contribution in [-0.2, 0) is 0 Å². The van der Waals surface area contributed by atoms with E-state index in [0.29, 0.717) is 24.6 Å². The maximum atomic E-state index is 12.8. The Labute approximate surface area is 145 Å². The van der Waals surface area contributed by atoms with Crippen LogP contribution in [-0.4, -0.2) is 50.2 Å². The van der Waals surface area contributed by atoms with Gasteiger partial charge in [-0.1, -0.05) is 6.07 Å². The summed E-state index contributed by atoms with van der Waals surface area (Å²) in [5.74, 6) is 1.25. The number of nitrogens with zero attached hydrogens (tertiary/aromatic N) is 3. The molecule has 1 aromatic heterocycles. The summed E-state index contributed by atoms with van der Waals surface area (Å²) in [6, 6.07) is 6.20. The molecule has 1 aliphatic heterocycles. The van der Waals surface area contributed by atoms with Crippen molar-refractivity contribution in [2.24, 2.45) is 0 Å². The molecule has 1 amide bonds. The van der Waals surface area contributed by atoms with E-state index in [9.17, 15) is 9.59 Å². The lowest BCUT2D eigenvalue weighted by atomic mass is 9.96. The number of piperidine rings is 1. The Kier molecular flexibility index (Phi) is 3.99.